The van der Waals surface area contributed by atoms with E-state index in [0.717, 1.165) is 5.56 Å². The molecule has 0 aliphatic heterocycles. The van der Waals surface area contributed by atoms with E-state index in [4.69, 9.17) is 5.73 Å². The Balaban J connectivity index is 2.02. The second-order valence-corrected chi connectivity index (χ2v) is 5.46. The average Bonchev–Trinajstić information content (AvgIpc) is 2.46. The van der Waals surface area contributed by atoms with Crippen LogP contribution in [0.15, 0.2) is 46.9 Å². The molecule has 2 aromatic rings. The lowest BCUT2D eigenvalue weighted by atomic mass is 10.1. The Hall–Kier alpha value is -2.05. The number of para-hydroxylation sites is 1. The molecule has 0 fully saturated rings. The predicted octanol–water partition coefficient (Wildman–Crippen LogP) is 2.37. The fraction of sp³-hybridized carbons (Fsp3) is 0.133. The molecule has 2 aromatic carbocycles. The Morgan fingerprint density at radius 3 is 2.52 bits per heavy atom. The molecule has 0 unspecified atom stereocenters. The van der Waals surface area contributed by atoms with Crippen LogP contribution in [-0.2, 0) is 11.2 Å². The molecule has 0 bridgehead atoms. The number of aromatic hydroxyl groups is 2. The van der Waals surface area contributed by atoms with Crippen molar-refractivity contribution in [3.8, 4) is 11.5 Å². The Kier molecular flexibility index (Phi) is 4.82. The second kappa shape index (κ2) is 6.60. The van der Waals surface area contributed by atoms with Crippen LogP contribution in [0.5, 0.6) is 11.5 Å². The molecule has 21 heavy (non-hydrogen) atoms. The first-order valence-corrected chi connectivity index (χ1v) is 7.08. The lowest BCUT2D eigenvalue weighted by Crippen LogP contribution is -2.37. The van der Waals surface area contributed by atoms with Crippen molar-refractivity contribution in [2.24, 2.45) is 5.73 Å². The van der Waals surface area contributed by atoms with E-state index in [1.165, 1.54) is 0 Å². The van der Waals surface area contributed by atoms with Crippen molar-refractivity contribution in [2.45, 2.75) is 12.5 Å². The molecule has 0 aliphatic rings. The summed E-state index contributed by atoms with van der Waals surface area (Å²) in [7, 11) is 0. The molecule has 0 aliphatic carbocycles. The fourth-order valence-electron chi connectivity index (χ4n) is 1.82. The summed E-state index contributed by atoms with van der Waals surface area (Å²) in [5.41, 5.74) is 7.00. The van der Waals surface area contributed by atoms with Crippen molar-refractivity contribution >= 4 is 27.5 Å². The van der Waals surface area contributed by atoms with Gasteiger partial charge in [-0.05, 0) is 52.2 Å². The third-order valence-electron chi connectivity index (χ3n) is 2.97. The van der Waals surface area contributed by atoms with Gasteiger partial charge in [0.2, 0.25) is 5.91 Å². The molecular formula is C15H15BrN2O3. The van der Waals surface area contributed by atoms with Gasteiger partial charge in [0.1, 0.15) is 5.75 Å². The van der Waals surface area contributed by atoms with Crippen LogP contribution in [0.4, 0.5) is 5.69 Å². The van der Waals surface area contributed by atoms with Crippen LogP contribution in [0.3, 0.4) is 0 Å². The maximum Gasteiger partial charge on any atom is 0.241 e. The van der Waals surface area contributed by atoms with Gasteiger partial charge in [-0.15, -0.1) is 0 Å². The lowest BCUT2D eigenvalue weighted by molar-refractivity contribution is -0.117. The van der Waals surface area contributed by atoms with E-state index in [2.05, 4.69) is 21.2 Å². The number of nitrogens with two attached hydrogens (primary N) is 1. The molecular weight excluding hydrogens is 336 g/mol. The van der Waals surface area contributed by atoms with Gasteiger partial charge in [0.25, 0.3) is 0 Å². The molecule has 0 heterocycles. The molecule has 6 heteroatoms. The first-order chi connectivity index (χ1) is 9.97. The number of amides is 1. The van der Waals surface area contributed by atoms with Gasteiger partial charge in [-0.1, -0.05) is 18.2 Å². The van der Waals surface area contributed by atoms with E-state index in [1.54, 1.807) is 42.5 Å². The van der Waals surface area contributed by atoms with Crippen LogP contribution in [0.1, 0.15) is 5.56 Å². The van der Waals surface area contributed by atoms with Gasteiger partial charge in [0, 0.05) is 0 Å². The summed E-state index contributed by atoms with van der Waals surface area (Å²) in [6.45, 7) is 0. The third-order valence-corrected chi connectivity index (χ3v) is 3.61. The summed E-state index contributed by atoms with van der Waals surface area (Å²) in [6.07, 6.45) is 0.334. The highest BCUT2D eigenvalue weighted by molar-refractivity contribution is 9.10. The molecule has 1 atom stereocenters. The van der Waals surface area contributed by atoms with Gasteiger partial charge < -0.3 is 21.3 Å². The molecule has 2 rings (SSSR count). The van der Waals surface area contributed by atoms with E-state index in [0.29, 0.717) is 16.6 Å². The maximum absolute atomic E-state index is 12.0. The Bertz CT molecular complexity index is 644. The highest BCUT2D eigenvalue weighted by Gasteiger charge is 2.16. The zero-order chi connectivity index (χ0) is 15.4. The standard InChI is InChI=1S/C15H15BrN2O3/c16-11-2-1-3-13(14(11)20)18-15(21)12(17)8-9-4-6-10(19)7-5-9/h1-7,12,19-20H,8,17H2,(H,18,21)/t12-/m1/s1. The molecule has 0 aromatic heterocycles. The molecule has 0 radical (unpaired) electrons. The minimum Gasteiger partial charge on any atom is -0.508 e. The maximum atomic E-state index is 12.0. The van der Waals surface area contributed by atoms with Crippen LogP contribution < -0.4 is 11.1 Å². The molecule has 5 N–H and O–H groups in total. The minimum atomic E-state index is -0.757. The van der Waals surface area contributed by atoms with Crippen molar-refractivity contribution in [2.75, 3.05) is 5.32 Å². The first kappa shape index (κ1) is 15.3. The van der Waals surface area contributed by atoms with Crippen molar-refractivity contribution in [1.82, 2.24) is 0 Å². The van der Waals surface area contributed by atoms with Crippen molar-refractivity contribution in [1.29, 1.82) is 0 Å². The number of phenols is 2. The summed E-state index contributed by atoms with van der Waals surface area (Å²) in [5, 5.41) is 21.6. The number of benzene rings is 2. The number of carbonyl (C=O) groups is 1. The van der Waals surface area contributed by atoms with E-state index < -0.39 is 11.9 Å². The summed E-state index contributed by atoms with van der Waals surface area (Å²) >= 11 is 3.18. The Morgan fingerprint density at radius 1 is 1.19 bits per heavy atom. The molecule has 1 amide bonds. The zero-order valence-electron chi connectivity index (χ0n) is 11.1. The minimum absolute atomic E-state index is 0.0392. The van der Waals surface area contributed by atoms with Crippen molar-refractivity contribution in [3.63, 3.8) is 0 Å². The number of rotatable bonds is 4. The number of hydrogen-bond donors (Lipinski definition) is 4. The molecule has 110 valence electrons. The third kappa shape index (κ3) is 3.96. The Morgan fingerprint density at radius 2 is 1.86 bits per heavy atom. The van der Waals surface area contributed by atoms with Crippen molar-refractivity contribution in [3.05, 3.63) is 52.5 Å². The van der Waals surface area contributed by atoms with Crippen molar-refractivity contribution < 1.29 is 15.0 Å². The van der Waals surface area contributed by atoms with E-state index in [1.807, 2.05) is 0 Å². The van der Waals surface area contributed by atoms with Gasteiger partial charge in [-0.2, -0.15) is 0 Å². The van der Waals surface area contributed by atoms with Gasteiger partial charge in [-0.3, -0.25) is 4.79 Å². The number of halogens is 1. The number of nitrogens with one attached hydrogen (secondary N) is 1. The van der Waals surface area contributed by atoms with E-state index in [9.17, 15) is 15.0 Å². The summed E-state index contributed by atoms with van der Waals surface area (Å²) in [6, 6.07) is 10.7. The first-order valence-electron chi connectivity index (χ1n) is 6.29. The quantitative estimate of drug-likeness (QED) is 0.636. The topological polar surface area (TPSA) is 95.6 Å². The molecule has 5 nitrogen and oxygen atoms in total. The van der Waals surface area contributed by atoms with Crippen LogP contribution in [0.25, 0.3) is 0 Å². The Labute approximate surface area is 130 Å². The molecule has 0 spiro atoms. The fourth-order valence-corrected chi connectivity index (χ4v) is 2.19. The largest absolute Gasteiger partial charge is 0.508 e. The van der Waals surface area contributed by atoms with Crippen LogP contribution >= 0.6 is 15.9 Å². The average molecular weight is 351 g/mol. The van der Waals surface area contributed by atoms with Gasteiger partial charge in [0.05, 0.1) is 16.2 Å². The van der Waals surface area contributed by atoms with Crippen LogP contribution in [0.2, 0.25) is 0 Å². The SMILES string of the molecule is N[C@H](Cc1ccc(O)cc1)C(=O)Nc1cccc(Br)c1O. The normalized spacial score (nSPS) is 11.9. The summed E-state index contributed by atoms with van der Waals surface area (Å²) in [4.78, 5) is 12.0. The lowest BCUT2D eigenvalue weighted by Gasteiger charge is -2.13. The van der Waals surface area contributed by atoms with Crippen LogP contribution in [-0.4, -0.2) is 22.2 Å². The van der Waals surface area contributed by atoms with Crippen LogP contribution in [0, 0.1) is 0 Å². The summed E-state index contributed by atoms with van der Waals surface area (Å²) < 4.78 is 0.493. The number of phenolic OH excluding ortho intramolecular Hbond substituents is 2. The number of carbonyl (C=O) groups excluding carboxylic acids is 1. The highest BCUT2D eigenvalue weighted by Crippen LogP contribution is 2.31. The zero-order valence-corrected chi connectivity index (χ0v) is 12.7. The predicted molar refractivity (Wildman–Crippen MR) is 84.2 cm³/mol. The molecule has 0 saturated carbocycles. The monoisotopic (exact) mass is 350 g/mol. The van der Waals surface area contributed by atoms with E-state index in [-0.39, 0.29) is 11.5 Å². The molecule has 0 saturated heterocycles. The summed E-state index contributed by atoms with van der Waals surface area (Å²) in [5.74, 6) is -0.269. The van der Waals surface area contributed by atoms with E-state index >= 15 is 0 Å². The second-order valence-electron chi connectivity index (χ2n) is 4.60. The van der Waals surface area contributed by atoms with Gasteiger partial charge >= 0.3 is 0 Å². The highest BCUT2D eigenvalue weighted by atomic mass is 79.9. The van der Waals surface area contributed by atoms with Gasteiger partial charge in [0.15, 0.2) is 5.75 Å². The number of anilines is 1. The smallest absolute Gasteiger partial charge is 0.241 e. The number of hydrogen-bond acceptors (Lipinski definition) is 4. The van der Waals surface area contributed by atoms with Gasteiger partial charge in [-0.25, -0.2) is 0 Å².